The molecule has 0 radical (unpaired) electrons. The van der Waals surface area contributed by atoms with Gasteiger partial charge in [-0.25, -0.2) is 4.39 Å². The number of halogens is 1. The highest BCUT2D eigenvalue weighted by Crippen LogP contribution is 2.31. The Morgan fingerprint density at radius 1 is 0.815 bits per heavy atom. The van der Waals surface area contributed by atoms with Gasteiger partial charge in [-0.15, -0.1) is 0 Å². The van der Waals surface area contributed by atoms with Crippen LogP contribution < -0.4 is 9.47 Å². The van der Waals surface area contributed by atoms with Crippen LogP contribution in [0.4, 0.5) is 4.39 Å². The van der Waals surface area contributed by atoms with Gasteiger partial charge >= 0.3 is 0 Å². The fourth-order valence-corrected chi connectivity index (χ4v) is 3.14. The molecule has 27 heavy (non-hydrogen) atoms. The molecule has 6 nitrogen and oxygen atoms in total. The van der Waals surface area contributed by atoms with Gasteiger partial charge in [0.15, 0.2) is 11.5 Å². The highest BCUT2D eigenvalue weighted by Gasteiger charge is 2.28. The van der Waals surface area contributed by atoms with Crippen LogP contribution in [0.5, 0.6) is 11.5 Å². The van der Waals surface area contributed by atoms with Gasteiger partial charge in [0.1, 0.15) is 5.82 Å². The number of piperazine rings is 1. The van der Waals surface area contributed by atoms with Crippen molar-refractivity contribution in [2.24, 2.45) is 0 Å². The molecule has 0 aliphatic carbocycles. The Bertz CT molecular complexity index is 848. The number of amides is 2. The summed E-state index contributed by atoms with van der Waals surface area (Å²) in [6.45, 7) is 1.40. The molecule has 0 spiro atoms. The standard InChI is InChI=1S/C20H21FN2O4/c1-26-17-9-5-7-15(18(17)27-2)20(25)23-12-10-22(11-13-23)19(24)14-6-3-4-8-16(14)21/h3-9H,10-13H2,1-2H3. The first kappa shape index (κ1) is 18.7. The Labute approximate surface area is 157 Å². The molecule has 2 amide bonds. The van der Waals surface area contributed by atoms with Crippen LogP contribution >= 0.6 is 0 Å². The number of para-hydroxylation sites is 1. The summed E-state index contributed by atoms with van der Waals surface area (Å²) in [7, 11) is 3.00. The molecule has 3 rings (SSSR count). The van der Waals surface area contributed by atoms with Crippen molar-refractivity contribution in [1.29, 1.82) is 0 Å². The van der Waals surface area contributed by atoms with Crippen LogP contribution in [-0.4, -0.2) is 62.0 Å². The number of carbonyl (C=O) groups excluding carboxylic acids is 2. The molecule has 1 heterocycles. The minimum absolute atomic E-state index is 0.0479. The largest absolute Gasteiger partial charge is 0.493 e. The van der Waals surface area contributed by atoms with Gasteiger partial charge in [0, 0.05) is 26.2 Å². The summed E-state index contributed by atoms with van der Waals surface area (Å²) in [5, 5.41) is 0. The van der Waals surface area contributed by atoms with Crippen LogP contribution in [0.25, 0.3) is 0 Å². The van der Waals surface area contributed by atoms with Crippen LogP contribution in [-0.2, 0) is 0 Å². The summed E-state index contributed by atoms with van der Waals surface area (Å²) in [5.41, 5.74) is 0.456. The zero-order valence-electron chi connectivity index (χ0n) is 15.3. The lowest BCUT2D eigenvalue weighted by atomic mass is 10.1. The summed E-state index contributed by atoms with van der Waals surface area (Å²) in [4.78, 5) is 28.6. The second-order valence-electron chi connectivity index (χ2n) is 6.11. The van der Waals surface area contributed by atoms with E-state index in [1.807, 2.05) is 0 Å². The monoisotopic (exact) mass is 372 g/mol. The number of nitrogens with zero attached hydrogens (tertiary/aromatic N) is 2. The van der Waals surface area contributed by atoms with Gasteiger partial charge in [-0.1, -0.05) is 18.2 Å². The maximum Gasteiger partial charge on any atom is 0.257 e. The van der Waals surface area contributed by atoms with E-state index in [0.29, 0.717) is 43.2 Å². The average molecular weight is 372 g/mol. The van der Waals surface area contributed by atoms with Gasteiger partial charge in [-0.2, -0.15) is 0 Å². The summed E-state index contributed by atoms with van der Waals surface area (Å²) in [6, 6.07) is 11.0. The fourth-order valence-electron chi connectivity index (χ4n) is 3.14. The minimum atomic E-state index is -0.540. The van der Waals surface area contributed by atoms with E-state index in [1.165, 1.54) is 26.4 Å². The van der Waals surface area contributed by atoms with Crippen molar-refractivity contribution in [3.63, 3.8) is 0 Å². The zero-order chi connectivity index (χ0) is 19.4. The van der Waals surface area contributed by atoms with Crippen LogP contribution in [0.1, 0.15) is 20.7 Å². The Hall–Kier alpha value is -3.09. The molecule has 2 aromatic rings. The lowest BCUT2D eigenvalue weighted by molar-refractivity contribution is 0.0530. The van der Waals surface area contributed by atoms with E-state index in [9.17, 15) is 14.0 Å². The van der Waals surface area contributed by atoms with E-state index >= 15 is 0 Å². The smallest absolute Gasteiger partial charge is 0.257 e. The molecule has 1 aliphatic heterocycles. The molecular formula is C20H21FN2O4. The quantitative estimate of drug-likeness (QED) is 0.827. The second-order valence-corrected chi connectivity index (χ2v) is 6.11. The molecule has 0 saturated carbocycles. The van der Waals surface area contributed by atoms with Crippen molar-refractivity contribution < 1.29 is 23.5 Å². The van der Waals surface area contributed by atoms with Gasteiger partial charge < -0.3 is 19.3 Å². The fraction of sp³-hybridized carbons (Fsp3) is 0.300. The molecule has 0 aromatic heterocycles. The molecule has 0 unspecified atom stereocenters. The zero-order valence-corrected chi connectivity index (χ0v) is 15.3. The number of hydrogen-bond acceptors (Lipinski definition) is 4. The number of carbonyl (C=O) groups is 2. The summed E-state index contributed by atoms with van der Waals surface area (Å²) < 4.78 is 24.4. The number of hydrogen-bond donors (Lipinski definition) is 0. The Morgan fingerprint density at radius 3 is 1.93 bits per heavy atom. The first-order chi connectivity index (χ1) is 13.1. The van der Waals surface area contributed by atoms with E-state index in [2.05, 4.69) is 0 Å². The molecule has 0 N–H and O–H groups in total. The molecular weight excluding hydrogens is 351 g/mol. The van der Waals surface area contributed by atoms with Gasteiger partial charge in [0.25, 0.3) is 11.8 Å². The van der Waals surface area contributed by atoms with Gasteiger partial charge in [-0.05, 0) is 24.3 Å². The van der Waals surface area contributed by atoms with Crippen molar-refractivity contribution in [3.05, 3.63) is 59.4 Å². The Balaban J connectivity index is 1.70. The SMILES string of the molecule is COc1cccc(C(=O)N2CCN(C(=O)c3ccccc3F)CC2)c1OC. The van der Waals surface area contributed by atoms with Gasteiger partial charge in [0.05, 0.1) is 25.3 Å². The van der Waals surface area contributed by atoms with Crippen LogP contribution in [0.15, 0.2) is 42.5 Å². The van der Waals surface area contributed by atoms with E-state index < -0.39 is 5.82 Å². The van der Waals surface area contributed by atoms with Gasteiger partial charge in [0.2, 0.25) is 0 Å². The molecule has 1 aliphatic rings. The van der Waals surface area contributed by atoms with Crippen LogP contribution in [0.2, 0.25) is 0 Å². The third-order valence-electron chi connectivity index (χ3n) is 4.59. The van der Waals surface area contributed by atoms with Crippen LogP contribution in [0, 0.1) is 5.82 Å². The van der Waals surface area contributed by atoms with Gasteiger partial charge in [-0.3, -0.25) is 9.59 Å². The molecule has 1 saturated heterocycles. The number of methoxy groups -OCH3 is 2. The maximum atomic E-state index is 13.8. The Morgan fingerprint density at radius 2 is 1.37 bits per heavy atom. The predicted molar refractivity (Wildman–Crippen MR) is 97.8 cm³/mol. The summed E-state index contributed by atoms with van der Waals surface area (Å²) in [5.74, 6) is -0.225. The maximum absolute atomic E-state index is 13.8. The molecule has 2 aromatic carbocycles. The third-order valence-corrected chi connectivity index (χ3v) is 4.59. The van der Waals surface area contributed by atoms with Crippen molar-refractivity contribution in [3.8, 4) is 11.5 Å². The highest BCUT2D eigenvalue weighted by molar-refractivity contribution is 5.98. The number of ether oxygens (including phenoxy) is 2. The first-order valence-electron chi connectivity index (χ1n) is 8.61. The predicted octanol–water partition coefficient (Wildman–Crippen LogP) is 2.44. The second kappa shape index (κ2) is 8.07. The summed E-state index contributed by atoms with van der Waals surface area (Å²) >= 11 is 0. The highest BCUT2D eigenvalue weighted by atomic mass is 19.1. The molecule has 1 fully saturated rings. The van der Waals surface area contributed by atoms with Crippen molar-refractivity contribution in [1.82, 2.24) is 9.80 Å². The number of rotatable bonds is 4. The Kier molecular flexibility index (Phi) is 5.59. The molecule has 0 bridgehead atoms. The van der Waals surface area contributed by atoms with Crippen molar-refractivity contribution >= 4 is 11.8 Å². The van der Waals surface area contributed by atoms with Crippen molar-refractivity contribution in [2.75, 3.05) is 40.4 Å². The minimum Gasteiger partial charge on any atom is -0.493 e. The lowest BCUT2D eigenvalue weighted by Crippen LogP contribution is -2.50. The van der Waals surface area contributed by atoms with E-state index in [0.717, 1.165) is 0 Å². The molecule has 0 atom stereocenters. The molecule has 7 heteroatoms. The van der Waals surface area contributed by atoms with Crippen molar-refractivity contribution in [2.45, 2.75) is 0 Å². The topological polar surface area (TPSA) is 59.1 Å². The first-order valence-corrected chi connectivity index (χ1v) is 8.61. The normalized spacial score (nSPS) is 14.0. The lowest BCUT2D eigenvalue weighted by Gasteiger charge is -2.35. The average Bonchev–Trinajstić information content (AvgIpc) is 2.72. The van der Waals surface area contributed by atoms with Crippen LogP contribution in [0.3, 0.4) is 0 Å². The third kappa shape index (κ3) is 3.72. The molecule has 142 valence electrons. The number of benzene rings is 2. The van der Waals surface area contributed by atoms with E-state index in [1.54, 1.807) is 40.1 Å². The van der Waals surface area contributed by atoms with E-state index in [-0.39, 0.29) is 17.4 Å². The van der Waals surface area contributed by atoms with E-state index in [4.69, 9.17) is 9.47 Å². The summed E-state index contributed by atoms with van der Waals surface area (Å²) in [6.07, 6.45) is 0.